The third kappa shape index (κ3) is 3.19. The molecule has 0 aliphatic rings. The van der Waals surface area contributed by atoms with Crippen molar-refractivity contribution in [3.63, 3.8) is 0 Å². The Hall–Kier alpha value is -1.58. The summed E-state index contributed by atoms with van der Waals surface area (Å²) in [6.45, 7) is 1.92. The molecule has 0 saturated carbocycles. The molecule has 4 heteroatoms. The van der Waals surface area contributed by atoms with E-state index in [1.807, 2.05) is 19.1 Å². The van der Waals surface area contributed by atoms with Crippen LogP contribution in [0.1, 0.15) is 18.5 Å². The predicted octanol–water partition coefficient (Wildman–Crippen LogP) is 3.55. The molecule has 0 amide bonds. The molecule has 1 heterocycles. The Kier molecular flexibility index (Phi) is 3.61. The minimum atomic E-state index is -0.0365. The van der Waals surface area contributed by atoms with E-state index in [4.69, 9.17) is 22.1 Å². The number of aromatic nitrogens is 1. The highest BCUT2D eigenvalue weighted by atomic mass is 35.5. The van der Waals surface area contributed by atoms with Gasteiger partial charge in [-0.3, -0.25) is 0 Å². The lowest BCUT2D eigenvalue weighted by molar-refractivity contribution is 0.461. The number of pyridine rings is 1. The lowest BCUT2D eigenvalue weighted by Crippen LogP contribution is -2.05. The molecule has 1 aromatic carbocycles. The lowest BCUT2D eigenvalue weighted by Gasteiger charge is -2.08. The van der Waals surface area contributed by atoms with Crippen molar-refractivity contribution >= 4 is 11.6 Å². The van der Waals surface area contributed by atoms with E-state index in [0.717, 1.165) is 5.56 Å². The monoisotopic (exact) mass is 248 g/mol. The molecule has 0 radical (unpaired) electrons. The summed E-state index contributed by atoms with van der Waals surface area (Å²) in [4.78, 5) is 4.13. The van der Waals surface area contributed by atoms with Crippen LogP contribution in [0.15, 0.2) is 42.6 Å². The first-order chi connectivity index (χ1) is 8.15. The zero-order valence-electron chi connectivity index (χ0n) is 9.43. The summed E-state index contributed by atoms with van der Waals surface area (Å²) in [6.07, 6.45) is 1.68. The van der Waals surface area contributed by atoms with E-state index in [1.165, 1.54) is 0 Å². The fourth-order valence-electron chi connectivity index (χ4n) is 1.39. The summed E-state index contributed by atoms with van der Waals surface area (Å²) in [5.41, 5.74) is 6.78. The van der Waals surface area contributed by atoms with Gasteiger partial charge in [0.2, 0.25) is 5.88 Å². The van der Waals surface area contributed by atoms with E-state index in [2.05, 4.69) is 4.98 Å². The largest absolute Gasteiger partial charge is 0.439 e. The molecule has 1 atom stereocenters. The first-order valence-corrected chi connectivity index (χ1v) is 5.68. The van der Waals surface area contributed by atoms with Gasteiger partial charge < -0.3 is 10.5 Å². The van der Waals surface area contributed by atoms with Gasteiger partial charge in [-0.05, 0) is 42.8 Å². The molecule has 0 spiro atoms. The van der Waals surface area contributed by atoms with Crippen LogP contribution in [-0.2, 0) is 0 Å². The average molecular weight is 249 g/mol. The molecule has 0 bridgehead atoms. The fourth-order valence-corrected chi connectivity index (χ4v) is 1.51. The molecule has 0 aliphatic heterocycles. The van der Waals surface area contributed by atoms with Gasteiger partial charge in [0.1, 0.15) is 5.75 Å². The molecule has 3 nitrogen and oxygen atoms in total. The molecule has 1 aromatic heterocycles. The van der Waals surface area contributed by atoms with E-state index >= 15 is 0 Å². The van der Waals surface area contributed by atoms with Crippen LogP contribution < -0.4 is 10.5 Å². The summed E-state index contributed by atoms with van der Waals surface area (Å²) in [6, 6.07) is 10.8. The first kappa shape index (κ1) is 11.9. The summed E-state index contributed by atoms with van der Waals surface area (Å²) in [7, 11) is 0. The van der Waals surface area contributed by atoms with E-state index in [1.54, 1.807) is 30.5 Å². The Bertz CT molecular complexity index is 497. The van der Waals surface area contributed by atoms with Crippen LogP contribution in [0.5, 0.6) is 11.6 Å². The van der Waals surface area contributed by atoms with E-state index in [9.17, 15) is 0 Å². The van der Waals surface area contributed by atoms with E-state index in [0.29, 0.717) is 16.7 Å². The number of benzene rings is 1. The van der Waals surface area contributed by atoms with Crippen LogP contribution >= 0.6 is 11.6 Å². The van der Waals surface area contributed by atoms with Crippen LogP contribution in [0.2, 0.25) is 5.02 Å². The van der Waals surface area contributed by atoms with Crippen LogP contribution in [0, 0.1) is 0 Å². The second kappa shape index (κ2) is 5.17. The molecule has 17 heavy (non-hydrogen) atoms. The lowest BCUT2D eigenvalue weighted by atomic mass is 10.1. The Morgan fingerprint density at radius 1 is 1.24 bits per heavy atom. The number of rotatable bonds is 3. The quantitative estimate of drug-likeness (QED) is 0.904. The van der Waals surface area contributed by atoms with Crippen molar-refractivity contribution in [2.24, 2.45) is 5.73 Å². The average Bonchev–Trinajstić information content (AvgIpc) is 2.32. The van der Waals surface area contributed by atoms with E-state index in [-0.39, 0.29) is 6.04 Å². The van der Waals surface area contributed by atoms with Crippen LogP contribution in [-0.4, -0.2) is 4.98 Å². The van der Waals surface area contributed by atoms with Crippen molar-refractivity contribution in [2.75, 3.05) is 0 Å². The van der Waals surface area contributed by atoms with Crippen LogP contribution in [0.25, 0.3) is 0 Å². The van der Waals surface area contributed by atoms with Gasteiger partial charge in [0, 0.05) is 23.3 Å². The number of nitrogens with zero attached hydrogens (tertiary/aromatic N) is 1. The maximum Gasteiger partial charge on any atom is 0.219 e. The maximum atomic E-state index is 5.80. The predicted molar refractivity (Wildman–Crippen MR) is 68.4 cm³/mol. The van der Waals surface area contributed by atoms with Gasteiger partial charge in [-0.25, -0.2) is 4.98 Å². The smallest absolute Gasteiger partial charge is 0.219 e. The standard InChI is InChI=1S/C13H13ClN2O/c1-9(15)10-6-7-16-13(8-10)17-12-4-2-11(14)3-5-12/h2-9H,15H2,1H3/t9-/m0/s1. The van der Waals surface area contributed by atoms with Crippen molar-refractivity contribution < 1.29 is 4.74 Å². The van der Waals surface area contributed by atoms with E-state index < -0.39 is 0 Å². The second-order valence-electron chi connectivity index (χ2n) is 3.77. The molecular weight excluding hydrogens is 236 g/mol. The van der Waals surface area contributed by atoms with Gasteiger partial charge in [-0.2, -0.15) is 0 Å². The van der Waals surface area contributed by atoms with Crippen molar-refractivity contribution in [2.45, 2.75) is 13.0 Å². The SMILES string of the molecule is C[C@H](N)c1ccnc(Oc2ccc(Cl)cc2)c1. The molecule has 0 saturated heterocycles. The third-order valence-corrected chi connectivity index (χ3v) is 2.57. The zero-order chi connectivity index (χ0) is 12.3. The van der Waals surface area contributed by atoms with Crippen LogP contribution in [0.4, 0.5) is 0 Å². The summed E-state index contributed by atoms with van der Waals surface area (Å²) >= 11 is 5.79. The van der Waals surface area contributed by atoms with Crippen molar-refractivity contribution in [1.29, 1.82) is 0 Å². The van der Waals surface area contributed by atoms with Gasteiger partial charge in [-0.15, -0.1) is 0 Å². The summed E-state index contributed by atoms with van der Waals surface area (Å²) < 4.78 is 5.60. The maximum absolute atomic E-state index is 5.80. The van der Waals surface area contributed by atoms with Crippen molar-refractivity contribution in [1.82, 2.24) is 4.98 Å². The number of hydrogen-bond donors (Lipinski definition) is 1. The molecule has 2 rings (SSSR count). The molecule has 0 unspecified atom stereocenters. The van der Waals surface area contributed by atoms with Gasteiger partial charge >= 0.3 is 0 Å². The highest BCUT2D eigenvalue weighted by Gasteiger charge is 2.03. The number of halogens is 1. The van der Waals surface area contributed by atoms with Gasteiger partial charge in [0.15, 0.2) is 0 Å². The fraction of sp³-hybridized carbons (Fsp3) is 0.154. The second-order valence-corrected chi connectivity index (χ2v) is 4.21. The van der Waals surface area contributed by atoms with Gasteiger partial charge in [0.05, 0.1) is 0 Å². The number of nitrogens with two attached hydrogens (primary N) is 1. The minimum Gasteiger partial charge on any atom is -0.439 e. The van der Waals surface area contributed by atoms with Gasteiger partial charge in [0.25, 0.3) is 0 Å². The summed E-state index contributed by atoms with van der Waals surface area (Å²) in [5.74, 6) is 1.23. The Labute approximate surface area is 105 Å². The first-order valence-electron chi connectivity index (χ1n) is 5.30. The highest BCUT2D eigenvalue weighted by molar-refractivity contribution is 6.30. The molecule has 0 aliphatic carbocycles. The number of hydrogen-bond acceptors (Lipinski definition) is 3. The van der Waals surface area contributed by atoms with Crippen molar-refractivity contribution in [3.05, 3.63) is 53.2 Å². The van der Waals surface area contributed by atoms with Gasteiger partial charge in [-0.1, -0.05) is 11.6 Å². The third-order valence-electron chi connectivity index (χ3n) is 2.32. The molecule has 2 aromatic rings. The molecule has 88 valence electrons. The normalized spacial score (nSPS) is 12.2. The molecule has 2 N–H and O–H groups in total. The highest BCUT2D eigenvalue weighted by Crippen LogP contribution is 2.23. The topological polar surface area (TPSA) is 48.1 Å². The Balaban J connectivity index is 2.18. The Morgan fingerprint density at radius 3 is 2.59 bits per heavy atom. The van der Waals surface area contributed by atoms with Crippen molar-refractivity contribution in [3.8, 4) is 11.6 Å². The molecular formula is C13H13ClN2O. The summed E-state index contributed by atoms with van der Waals surface area (Å²) in [5, 5.41) is 0.676. The zero-order valence-corrected chi connectivity index (χ0v) is 10.2. The number of ether oxygens (including phenoxy) is 1. The Morgan fingerprint density at radius 2 is 1.94 bits per heavy atom. The minimum absolute atomic E-state index is 0.0365. The molecule has 0 fully saturated rings. The van der Waals surface area contributed by atoms with Crippen LogP contribution in [0.3, 0.4) is 0 Å².